The number of fused-ring (bicyclic) bond motifs is 1. The van der Waals surface area contributed by atoms with E-state index in [-0.39, 0.29) is 29.2 Å². The molecular weight excluding hydrogens is 564 g/mol. The molecule has 0 radical (unpaired) electrons. The zero-order valence-corrected chi connectivity index (χ0v) is 24.9. The van der Waals surface area contributed by atoms with Gasteiger partial charge in [-0.2, -0.15) is 5.26 Å². The van der Waals surface area contributed by atoms with Crippen LogP contribution in [0.15, 0.2) is 102 Å². The van der Waals surface area contributed by atoms with Gasteiger partial charge in [-0.25, -0.2) is 4.79 Å². The van der Waals surface area contributed by atoms with Gasteiger partial charge in [0.05, 0.1) is 5.92 Å². The number of esters is 1. The molecule has 0 amide bonds. The van der Waals surface area contributed by atoms with Gasteiger partial charge in [-0.15, -0.1) is 0 Å². The predicted octanol–water partition coefficient (Wildman–Crippen LogP) is 7.42. The molecule has 0 fully saturated rings. The van der Waals surface area contributed by atoms with Crippen LogP contribution < -0.4 is 24.7 Å². The maximum Gasteiger partial charge on any atom is 0.349 e. The number of benzene rings is 4. The zero-order chi connectivity index (χ0) is 30.6. The van der Waals surface area contributed by atoms with Crippen molar-refractivity contribution < 1.29 is 23.7 Å². The van der Waals surface area contributed by atoms with Gasteiger partial charge in [0.1, 0.15) is 41.2 Å². The summed E-state index contributed by atoms with van der Waals surface area (Å²) in [6.45, 7) is 6.48. The molecule has 0 aliphatic carbocycles. The number of nitrogens with zero attached hydrogens (tertiary/aromatic N) is 1. The Morgan fingerprint density at radius 1 is 0.930 bits per heavy atom. The molecule has 1 unspecified atom stereocenters. The Morgan fingerprint density at radius 3 is 2.35 bits per heavy atom. The third kappa shape index (κ3) is 7.11. The van der Waals surface area contributed by atoms with Crippen LogP contribution in [0.25, 0.3) is 0 Å². The lowest BCUT2D eigenvalue weighted by molar-refractivity contribution is -0.136. The molecule has 1 aliphatic rings. The van der Waals surface area contributed by atoms with E-state index in [1.165, 1.54) is 5.56 Å². The molecule has 4 aromatic carbocycles. The van der Waals surface area contributed by atoms with Crippen LogP contribution in [0, 0.1) is 11.3 Å². The summed E-state index contributed by atoms with van der Waals surface area (Å²) in [5, 5.41) is 10.6. The van der Waals surface area contributed by atoms with Gasteiger partial charge < -0.3 is 24.7 Å². The zero-order valence-electron chi connectivity index (χ0n) is 24.1. The number of ether oxygens (including phenoxy) is 4. The van der Waals surface area contributed by atoms with Gasteiger partial charge in [0, 0.05) is 16.7 Å². The molecular formula is C35H31ClN2O5. The first-order valence-electron chi connectivity index (χ1n) is 13.7. The molecule has 8 heteroatoms. The van der Waals surface area contributed by atoms with Crippen molar-refractivity contribution in [3.8, 4) is 29.1 Å². The van der Waals surface area contributed by atoms with Crippen molar-refractivity contribution in [3.63, 3.8) is 0 Å². The summed E-state index contributed by atoms with van der Waals surface area (Å²) in [5.74, 6) is 0.771. The van der Waals surface area contributed by atoms with Crippen LogP contribution in [0.4, 0.5) is 0 Å². The number of carbonyl (C=O) groups is 1. The topological polar surface area (TPSA) is 104 Å². The van der Waals surface area contributed by atoms with Crippen molar-refractivity contribution in [2.45, 2.75) is 38.7 Å². The number of halogens is 1. The Kier molecular flexibility index (Phi) is 8.61. The largest absolute Gasteiger partial charge is 0.489 e. The van der Waals surface area contributed by atoms with Gasteiger partial charge in [-0.1, -0.05) is 74.8 Å². The summed E-state index contributed by atoms with van der Waals surface area (Å²) >= 11 is 5.98. The smallest absolute Gasteiger partial charge is 0.349 e. The molecule has 5 rings (SSSR count). The number of hydrogen-bond donors (Lipinski definition) is 1. The standard InChI is InChI=1S/C35H31ClN2O5/c1-35(2,3)24-9-13-26(14-10-24)41-21-32(39)42-28-15-16-29-31(18-28)43-34(38)30(19-37)33(29)23-5-4-6-27(17-23)40-20-22-7-11-25(36)12-8-22/h4-18,33H,20-21,38H2,1-3H3. The van der Waals surface area contributed by atoms with E-state index in [1.54, 1.807) is 18.2 Å². The quantitative estimate of drug-likeness (QED) is 0.167. The van der Waals surface area contributed by atoms with Crippen LogP contribution in [-0.4, -0.2) is 12.6 Å². The number of nitrogens with two attached hydrogens (primary N) is 1. The third-order valence-electron chi connectivity index (χ3n) is 7.01. The summed E-state index contributed by atoms with van der Waals surface area (Å²) < 4.78 is 22.9. The highest BCUT2D eigenvalue weighted by molar-refractivity contribution is 6.30. The number of carbonyl (C=O) groups excluding carboxylic acids is 1. The highest BCUT2D eigenvalue weighted by atomic mass is 35.5. The average molecular weight is 595 g/mol. The molecule has 0 aromatic heterocycles. The molecule has 0 bridgehead atoms. The lowest BCUT2D eigenvalue weighted by atomic mass is 9.83. The summed E-state index contributed by atoms with van der Waals surface area (Å²) in [6.07, 6.45) is 0. The number of allylic oxidation sites excluding steroid dienone is 1. The number of hydrogen-bond acceptors (Lipinski definition) is 7. The minimum atomic E-state index is -0.570. The lowest BCUT2D eigenvalue weighted by Gasteiger charge is -2.27. The molecule has 4 aromatic rings. The maximum atomic E-state index is 12.6. The molecule has 218 valence electrons. The molecule has 1 atom stereocenters. The van der Waals surface area contributed by atoms with E-state index < -0.39 is 11.9 Å². The number of nitriles is 1. The van der Waals surface area contributed by atoms with Crippen LogP contribution in [-0.2, 0) is 16.8 Å². The minimum Gasteiger partial charge on any atom is -0.489 e. The van der Waals surface area contributed by atoms with Crippen molar-refractivity contribution in [2.24, 2.45) is 5.73 Å². The molecule has 1 aliphatic heterocycles. The van der Waals surface area contributed by atoms with Crippen molar-refractivity contribution >= 4 is 17.6 Å². The molecule has 0 saturated heterocycles. The second kappa shape index (κ2) is 12.5. The summed E-state index contributed by atoms with van der Waals surface area (Å²) in [7, 11) is 0. The fraction of sp³-hybridized carbons (Fsp3) is 0.200. The van der Waals surface area contributed by atoms with Crippen LogP contribution >= 0.6 is 11.6 Å². The number of rotatable bonds is 8. The fourth-order valence-electron chi connectivity index (χ4n) is 4.73. The van der Waals surface area contributed by atoms with E-state index in [0.717, 1.165) is 11.1 Å². The van der Waals surface area contributed by atoms with E-state index in [4.69, 9.17) is 36.3 Å². The second-order valence-electron chi connectivity index (χ2n) is 11.1. The molecule has 2 N–H and O–H groups in total. The van der Waals surface area contributed by atoms with E-state index in [9.17, 15) is 10.1 Å². The third-order valence-corrected chi connectivity index (χ3v) is 7.26. The van der Waals surface area contributed by atoms with Crippen LogP contribution in [0.1, 0.15) is 48.9 Å². The Morgan fingerprint density at radius 2 is 1.65 bits per heavy atom. The van der Waals surface area contributed by atoms with Crippen molar-refractivity contribution in [1.82, 2.24) is 0 Å². The van der Waals surface area contributed by atoms with Crippen LogP contribution in [0.2, 0.25) is 5.02 Å². The van der Waals surface area contributed by atoms with Gasteiger partial charge >= 0.3 is 5.97 Å². The van der Waals surface area contributed by atoms with Crippen LogP contribution in [0.5, 0.6) is 23.0 Å². The lowest BCUT2D eigenvalue weighted by Crippen LogP contribution is -2.21. The van der Waals surface area contributed by atoms with Crippen molar-refractivity contribution in [1.29, 1.82) is 5.26 Å². The minimum absolute atomic E-state index is 0.0157. The van der Waals surface area contributed by atoms with Gasteiger partial charge in [0.25, 0.3) is 0 Å². The molecule has 1 heterocycles. The van der Waals surface area contributed by atoms with Gasteiger partial charge in [-0.3, -0.25) is 0 Å². The van der Waals surface area contributed by atoms with Gasteiger partial charge in [0.2, 0.25) is 5.88 Å². The van der Waals surface area contributed by atoms with E-state index in [2.05, 4.69) is 26.8 Å². The Hall–Kier alpha value is -4.93. The highest BCUT2D eigenvalue weighted by Gasteiger charge is 2.31. The second-order valence-corrected chi connectivity index (χ2v) is 11.6. The van der Waals surface area contributed by atoms with E-state index >= 15 is 0 Å². The van der Waals surface area contributed by atoms with E-state index in [0.29, 0.717) is 34.4 Å². The van der Waals surface area contributed by atoms with Gasteiger partial charge in [-0.05, 0) is 64.6 Å². The summed E-state index contributed by atoms with van der Waals surface area (Å²) in [5.41, 5.74) is 10.1. The van der Waals surface area contributed by atoms with Crippen molar-refractivity contribution in [3.05, 3.63) is 130 Å². The average Bonchev–Trinajstić information content (AvgIpc) is 2.99. The van der Waals surface area contributed by atoms with Crippen LogP contribution in [0.3, 0.4) is 0 Å². The Bertz CT molecular complexity index is 1700. The maximum absolute atomic E-state index is 12.6. The highest BCUT2D eigenvalue weighted by Crippen LogP contribution is 2.44. The SMILES string of the molecule is CC(C)(C)c1ccc(OCC(=O)Oc2ccc3c(c2)OC(N)=C(C#N)C3c2cccc(OCc3ccc(Cl)cc3)c2)cc1. The van der Waals surface area contributed by atoms with Crippen molar-refractivity contribution in [2.75, 3.05) is 6.61 Å². The predicted molar refractivity (Wildman–Crippen MR) is 164 cm³/mol. The monoisotopic (exact) mass is 594 g/mol. The molecule has 7 nitrogen and oxygen atoms in total. The van der Waals surface area contributed by atoms with Gasteiger partial charge in [0.15, 0.2) is 6.61 Å². The summed E-state index contributed by atoms with van der Waals surface area (Å²) in [6, 6.07) is 29.7. The first-order valence-corrected chi connectivity index (χ1v) is 14.1. The first kappa shape index (κ1) is 29.6. The molecule has 43 heavy (non-hydrogen) atoms. The summed E-state index contributed by atoms with van der Waals surface area (Å²) in [4.78, 5) is 12.6. The normalized spacial score (nSPS) is 14.3. The fourth-order valence-corrected chi connectivity index (χ4v) is 4.85. The Balaban J connectivity index is 1.30. The van der Waals surface area contributed by atoms with E-state index in [1.807, 2.05) is 72.8 Å². The molecule has 0 saturated carbocycles. The first-order chi connectivity index (χ1) is 20.6. The Labute approximate surface area is 256 Å². The molecule has 0 spiro atoms.